The summed E-state index contributed by atoms with van der Waals surface area (Å²) in [6.07, 6.45) is 79.8. The first-order valence-electron chi connectivity index (χ1n) is 28.4. The standard InChI is InChI=1S/C63H106O5/c1-4-7-10-13-16-19-22-25-28-30-32-34-36-38-41-44-47-50-53-56-62(64)67-60-61(59-66-58-55-52-49-46-43-40-27-24-21-18-15-12-9-6-3)68-63(65)57-54-51-48-45-42-39-37-35-33-31-29-26-23-20-17-14-11-8-5-2/h7,9-10,12,16,18-19,21,25,27-28,32,34,38,40-41,46,49,61H,4-6,8,11,13-15,17,20,22-24,26,29-31,33,35-37,39,42-45,47-48,50-60H2,1-3H3/b10-7-,12-9-,19-16-,21-18-,28-25-,34-32-,40-27-,41-38-,49-46-. The van der Waals surface area contributed by atoms with Crippen molar-refractivity contribution in [2.45, 2.75) is 258 Å². The number of carbonyl (C=O) groups is 2. The van der Waals surface area contributed by atoms with Gasteiger partial charge in [-0.15, -0.1) is 0 Å². The molecule has 0 fully saturated rings. The first kappa shape index (κ1) is 64.6. The molecular formula is C63H106O5. The van der Waals surface area contributed by atoms with Gasteiger partial charge in [0, 0.05) is 19.4 Å². The number of ether oxygens (including phenoxy) is 3. The van der Waals surface area contributed by atoms with Crippen molar-refractivity contribution in [3.05, 3.63) is 109 Å². The van der Waals surface area contributed by atoms with E-state index < -0.39 is 6.10 Å². The van der Waals surface area contributed by atoms with Gasteiger partial charge in [0.15, 0.2) is 6.10 Å². The van der Waals surface area contributed by atoms with Crippen molar-refractivity contribution >= 4 is 11.9 Å². The fourth-order valence-corrected chi connectivity index (χ4v) is 7.66. The summed E-state index contributed by atoms with van der Waals surface area (Å²) >= 11 is 0. The van der Waals surface area contributed by atoms with Gasteiger partial charge in [-0.25, -0.2) is 0 Å². The van der Waals surface area contributed by atoms with E-state index in [1.54, 1.807) is 0 Å². The summed E-state index contributed by atoms with van der Waals surface area (Å²) in [6, 6.07) is 0. The van der Waals surface area contributed by atoms with Crippen molar-refractivity contribution in [3.63, 3.8) is 0 Å². The smallest absolute Gasteiger partial charge is 0.306 e. The molecule has 0 heterocycles. The van der Waals surface area contributed by atoms with Crippen LogP contribution >= 0.6 is 0 Å². The van der Waals surface area contributed by atoms with E-state index in [0.29, 0.717) is 19.4 Å². The highest BCUT2D eigenvalue weighted by atomic mass is 16.6. The van der Waals surface area contributed by atoms with Gasteiger partial charge in [-0.1, -0.05) is 252 Å². The van der Waals surface area contributed by atoms with E-state index in [1.807, 2.05) is 0 Å². The lowest BCUT2D eigenvalue weighted by atomic mass is 10.0. The van der Waals surface area contributed by atoms with Crippen LogP contribution in [0.3, 0.4) is 0 Å². The van der Waals surface area contributed by atoms with Crippen LogP contribution in [0.4, 0.5) is 0 Å². The molecule has 0 saturated carbocycles. The van der Waals surface area contributed by atoms with Gasteiger partial charge in [-0.2, -0.15) is 0 Å². The summed E-state index contributed by atoms with van der Waals surface area (Å²) in [6.45, 7) is 7.45. The normalized spacial score (nSPS) is 13.0. The van der Waals surface area contributed by atoms with E-state index in [-0.39, 0.29) is 25.2 Å². The van der Waals surface area contributed by atoms with E-state index in [4.69, 9.17) is 14.2 Å². The lowest BCUT2D eigenvalue weighted by Crippen LogP contribution is -2.30. The maximum atomic E-state index is 12.9. The van der Waals surface area contributed by atoms with Gasteiger partial charge in [0.25, 0.3) is 0 Å². The van der Waals surface area contributed by atoms with E-state index in [2.05, 4.69) is 130 Å². The highest BCUT2D eigenvalue weighted by molar-refractivity contribution is 5.70. The third kappa shape index (κ3) is 55.2. The van der Waals surface area contributed by atoms with Crippen LogP contribution in [0.2, 0.25) is 0 Å². The van der Waals surface area contributed by atoms with Crippen molar-refractivity contribution in [1.82, 2.24) is 0 Å². The van der Waals surface area contributed by atoms with Crippen LogP contribution in [0.15, 0.2) is 109 Å². The number of allylic oxidation sites excluding steroid dienone is 18. The van der Waals surface area contributed by atoms with Crippen LogP contribution in [-0.4, -0.2) is 37.9 Å². The van der Waals surface area contributed by atoms with Crippen molar-refractivity contribution in [2.24, 2.45) is 0 Å². The quantitative estimate of drug-likeness (QED) is 0.0345. The fourth-order valence-electron chi connectivity index (χ4n) is 7.66. The lowest BCUT2D eigenvalue weighted by Gasteiger charge is -2.18. The zero-order valence-corrected chi connectivity index (χ0v) is 44.6. The van der Waals surface area contributed by atoms with Gasteiger partial charge >= 0.3 is 11.9 Å². The van der Waals surface area contributed by atoms with Crippen molar-refractivity contribution in [1.29, 1.82) is 0 Å². The van der Waals surface area contributed by atoms with Gasteiger partial charge in [0.05, 0.1) is 6.61 Å². The molecule has 0 amide bonds. The number of hydrogen-bond donors (Lipinski definition) is 0. The average Bonchev–Trinajstić information content (AvgIpc) is 3.34. The number of esters is 2. The predicted molar refractivity (Wildman–Crippen MR) is 297 cm³/mol. The topological polar surface area (TPSA) is 61.8 Å². The molecule has 0 rings (SSSR count). The Morgan fingerprint density at radius 2 is 0.662 bits per heavy atom. The number of unbranched alkanes of at least 4 members (excludes halogenated alkanes) is 22. The SMILES string of the molecule is CC/C=C\C/C=C\C/C=C\C/C=C\C/C=C\CCCCCC(=O)OCC(COCCC/C=C\C/C=C\C/C=C\C/C=C\CC)OC(=O)CCCCCCCCCCCCCCCCCCCCC. The molecule has 68 heavy (non-hydrogen) atoms. The fraction of sp³-hybridized carbons (Fsp3) is 0.683. The van der Waals surface area contributed by atoms with Crippen LogP contribution in [0.1, 0.15) is 252 Å². The molecule has 0 aliphatic heterocycles. The molecule has 5 heteroatoms. The molecule has 5 nitrogen and oxygen atoms in total. The summed E-state index contributed by atoms with van der Waals surface area (Å²) < 4.78 is 17.4. The second kappa shape index (κ2) is 57.9. The minimum atomic E-state index is -0.584. The zero-order chi connectivity index (χ0) is 49.2. The van der Waals surface area contributed by atoms with Crippen molar-refractivity contribution < 1.29 is 23.8 Å². The van der Waals surface area contributed by atoms with E-state index >= 15 is 0 Å². The molecule has 0 aromatic carbocycles. The van der Waals surface area contributed by atoms with E-state index in [1.165, 1.54) is 103 Å². The molecule has 0 spiro atoms. The number of rotatable bonds is 51. The molecule has 1 unspecified atom stereocenters. The monoisotopic (exact) mass is 943 g/mol. The Labute approximate surface area is 421 Å². The Morgan fingerprint density at radius 3 is 1.06 bits per heavy atom. The lowest BCUT2D eigenvalue weighted by molar-refractivity contribution is -0.163. The largest absolute Gasteiger partial charge is 0.462 e. The van der Waals surface area contributed by atoms with Gasteiger partial charge < -0.3 is 14.2 Å². The van der Waals surface area contributed by atoms with Crippen LogP contribution < -0.4 is 0 Å². The predicted octanol–water partition coefficient (Wildman–Crippen LogP) is 19.6. The molecular weight excluding hydrogens is 837 g/mol. The molecule has 0 aliphatic rings. The van der Waals surface area contributed by atoms with Crippen LogP contribution in [0, 0.1) is 0 Å². The molecule has 0 aliphatic carbocycles. The summed E-state index contributed by atoms with van der Waals surface area (Å²) in [5.41, 5.74) is 0. The third-order valence-electron chi connectivity index (χ3n) is 11.8. The first-order chi connectivity index (χ1) is 33.6. The van der Waals surface area contributed by atoms with E-state index in [0.717, 1.165) is 116 Å². The Bertz CT molecular complexity index is 1340. The van der Waals surface area contributed by atoms with Gasteiger partial charge in [-0.3, -0.25) is 9.59 Å². The maximum absolute atomic E-state index is 12.9. The van der Waals surface area contributed by atoms with E-state index in [9.17, 15) is 9.59 Å². The second-order valence-electron chi connectivity index (χ2n) is 18.4. The van der Waals surface area contributed by atoms with Crippen LogP contribution in [-0.2, 0) is 23.8 Å². The highest BCUT2D eigenvalue weighted by Gasteiger charge is 2.17. The summed E-state index contributed by atoms with van der Waals surface area (Å²) in [5.74, 6) is -0.462. The van der Waals surface area contributed by atoms with Crippen molar-refractivity contribution in [3.8, 4) is 0 Å². The molecule has 0 radical (unpaired) electrons. The van der Waals surface area contributed by atoms with Crippen molar-refractivity contribution in [2.75, 3.05) is 19.8 Å². The Morgan fingerprint density at radius 1 is 0.338 bits per heavy atom. The Kier molecular flexibility index (Phi) is 54.9. The number of carbonyl (C=O) groups excluding carboxylic acids is 2. The first-order valence-corrected chi connectivity index (χ1v) is 28.4. The minimum Gasteiger partial charge on any atom is -0.462 e. The molecule has 0 aromatic heterocycles. The third-order valence-corrected chi connectivity index (χ3v) is 11.8. The van der Waals surface area contributed by atoms with Gasteiger partial charge in [0.1, 0.15) is 6.61 Å². The average molecular weight is 944 g/mol. The molecule has 1 atom stereocenters. The molecule has 0 aromatic rings. The summed E-state index contributed by atoms with van der Waals surface area (Å²) in [5, 5.41) is 0. The molecule has 0 bridgehead atoms. The zero-order valence-electron chi connectivity index (χ0n) is 44.6. The minimum absolute atomic E-state index is 0.0423. The Hall–Kier alpha value is -3.44. The van der Waals surface area contributed by atoms with Gasteiger partial charge in [0.2, 0.25) is 0 Å². The van der Waals surface area contributed by atoms with Crippen LogP contribution in [0.25, 0.3) is 0 Å². The summed E-state index contributed by atoms with van der Waals surface area (Å²) in [4.78, 5) is 25.5. The number of hydrogen-bond acceptors (Lipinski definition) is 5. The maximum Gasteiger partial charge on any atom is 0.306 e. The van der Waals surface area contributed by atoms with Crippen LogP contribution in [0.5, 0.6) is 0 Å². The van der Waals surface area contributed by atoms with Gasteiger partial charge in [-0.05, 0) is 96.3 Å². The highest BCUT2D eigenvalue weighted by Crippen LogP contribution is 2.16. The summed E-state index contributed by atoms with van der Waals surface area (Å²) in [7, 11) is 0. The second-order valence-corrected chi connectivity index (χ2v) is 18.4. The Balaban J connectivity index is 4.38. The molecule has 0 saturated heterocycles. The molecule has 0 N–H and O–H groups in total. The molecule has 388 valence electrons.